The van der Waals surface area contributed by atoms with Crippen molar-refractivity contribution in [2.45, 2.75) is 31.5 Å². The van der Waals surface area contributed by atoms with Crippen LogP contribution >= 0.6 is 11.8 Å². The average molecular weight is 200 g/mol. The molecule has 0 unspecified atom stereocenters. The minimum absolute atomic E-state index is 0.00652. The third-order valence-electron chi connectivity index (χ3n) is 1.50. The normalized spacial score (nSPS) is 12.0. The lowest BCUT2D eigenvalue weighted by Gasteiger charge is -2.20. The van der Waals surface area contributed by atoms with Gasteiger partial charge in [0.1, 0.15) is 6.33 Å². The predicted molar refractivity (Wildman–Crippen MR) is 54.8 cm³/mol. The van der Waals surface area contributed by atoms with Crippen molar-refractivity contribution in [3.63, 3.8) is 0 Å². The van der Waals surface area contributed by atoms with Crippen LogP contribution in [0.25, 0.3) is 0 Å². The van der Waals surface area contributed by atoms with E-state index in [0.29, 0.717) is 6.54 Å². The Kier molecular flexibility index (Phi) is 3.33. The minimum atomic E-state index is -0.00652. The number of nitrogens with two attached hydrogens (primary N) is 1. The zero-order valence-electron chi connectivity index (χ0n) is 8.32. The highest BCUT2D eigenvalue weighted by molar-refractivity contribution is 7.99. The molecule has 1 aromatic heterocycles. The van der Waals surface area contributed by atoms with Gasteiger partial charge >= 0.3 is 0 Å². The van der Waals surface area contributed by atoms with Crippen LogP contribution in [-0.4, -0.2) is 27.1 Å². The summed E-state index contributed by atoms with van der Waals surface area (Å²) < 4.78 is 1.92. The first-order valence-corrected chi connectivity index (χ1v) is 5.27. The van der Waals surface area contributed by atoms with Crippen molar-refractivity contribution in [2.24, 2.45) is 5.73 Å². The SMILES string of the molecule is CC(C)(C)n1ncnc1SCCN. The van der Waals surface area contributed by atoms with Crippen LogP contribution in [0.4, 0.5) is 0 Å². The van der Waals surface area contributed by atoms with E-state index >= 15 is 0 Å². The second kappa shape index (κ2) is 4.11. The Hall–Kier alpha value is -0.550. The van der Waals surface area contributed by atoms with Crippen LogP contribution in [0.15, 0.2) is 11.5 Å². The van der Waals surface area contributed by atoms with Gasteiger partial charge < -0.3 is 5.73 Å². The van der Waals surface area contributed by atoms with Crippen molar-refractivity contribution < 1.29 is 0 Å². The summed E-state index contributed by atoms with van der Waals surface area (Å²) in [5.41, 5.74) is 5.42. The number of nitrogens with zero attached hydrogens (tertiary/aromatic N) is 3. The molecule has 74 valence electrons. The first-order valence-electron chi connectivity index (χ1n) is 4.29. The fourth-order valence-electron chi connectivity index (χ4n) is 0.940. The molecule has 0 amide bonds. The van der Waals surface area contributed by atoms with Crippen LogP contribution in [0.5, 0.6) is 0 Å². The van der Waals surface area contributed by atoms with E-state index < -0.39 is 0 Å². The van der Waals surface area contributed by atoms with E-state index in [2.05, 4.69) is 30.9 Å². The van der Waals surface area contributed by atoms with Crippen molar-refractivity contribution in [1.82, 2.24) is 14.8 Å². The van der Waals surface area contributed by atoms with E-state index in [1.165, 1.54) is 0 Å². The Bertz CT molecular complexity index is 263. The Labute approximate surface area is 82.9 Å². The number of aromatic nitrogens is 3. The first kappa shape index (κ1) is 10.5. The second-order valence-electron chi connectivity index (χ2n) is 3.76. The molecule has 0 aliphatic rings. The predicted octanol–water partition coefficient (Wildman–Crippen LogP) is 1.08. The Morgan fingerprint density at radius 1 is 1.54 bits per heavy atom. The number of hydrogen-bond donors (Lipinski definition) is 1. The molecule has 0 atom stereocenters. The molecule has 0 aliphatic carbocycles. The molecule has 2 N–H and O–H groups in total. The number of thioether (sulfide) groups is 1. The van der Waals surface area contributed by atoms with Crippen molar-refractivity contribution in [3.8, 4) is 0 Å². The third kappa shape index (κ3) is 2.70. The molecule has 0 spiro atoms. The summed E-state index contributed by atoms with van der Waals surface area (Å²) in [4.78, 5) is 4.18. The zero-order valence-corrected chi connectivity index (χ0v) is 9.14. The highest BCUT2D eigenvalue weighted by Crippen LogP contribution is 2.21. The van der Waals surface area contributed by atoms with Crippen molar-refractivity contribution in [2.75, 3.05) is 12.3 Å². The molecule has 5 heteroatoms. The molecule has 13 heavy (non-hydrogen) atoms. The summed E-state index contributed by atoms with van der Waals surface area (Å²) in [5, 5.41) is 5.13. The summed E-state index contributed by atoms with van der Waals surface area (Å²) in [5.74, 6) is 0.884. The molecule has 1 aromatic rings. The van der Waals surface area contributed by atoms with Crippen LogP contribution in [0, 0.1) is 0 Å². The zero-order chi connectivity index (χ0) is 9.90. The van der Waals surface area contributed by atoms with Crippen molar-refractivity contribution >= 4 is 11.8 Å². The van der Waals surface area contributed by atoms with Crippen LogP contribution in [0.2, 0.25) is 0 Å². The van der Waals surface area contributed by atoms with Crippen molar-refractivity contribution in [3.05, 3.63) is 6.33 Å². The molecule has 1 heterocycles. The molecule has 0 saturated carbocycles. The average Bonchev–Trinajstić information content (AvgIpc) is 2.47. The van der Waals surface area contributed by atoms with Gasteiger partial charge in [-0.2, -0.15) is 5.10 Å². The van der Waals surface area contributed by atoms with E-state index in [4.69, 9.17) is 5.73 Å². The molecular weight excluding hydrogens is 184 g/mol. The van der Waals surface area contributed by atoms with Crippen LogP contribution in [0.1, 0.15) is 20.8 Å². The van der Waals surface area contributed by atoms with Gasteiger partial charge in [-0.1, -0.05) is 11.8 Å². The molecule has 0 saturated heterocycles. The number of rotatable bonds is 3. The number of hydrogen-bond acceptors (Lipinski definition) is 4. The smallest absolute Gasteiger partial charge is 0.186 e. The van der Waals surface area contributed by atoms with Crippen LogP contribution < -0.4 is 5.73 Å². The molecule has 0 bridgehead atoms. The van der Waals surface area contributed by atoms with Gasteiger partial charge in [0.2, 0.25) is 0 Å². The lowest BCUT2D eigenvalue weighted by molar-refractivity contribution is 0.326. The molecule has 1 rings (SSSR count). The quantitative estimate of drug-likeness (QED) is 0.742. The third-order valence-corrected chi connectivity index (χ3v) is 2.48. The van der Waals surface area contributed by atoms with Gasteiger partial charge in [0.05, 0.1) is 5.54 Å². The largest absolute Gasteiger partial charge is 0.330 e. The summed E-state index contributed by atoms with van der Waals surface area (Å²) in [7, 11) is 0. The maximum atomic E-state index is 5.43. The Morgan fingerprint density at radius 3 is 2.77 bits per heavy atom. The maximum absolute atomic E-state index is 5.43. The summed E-state index contributed by atoms with van der Waals surface area (Å²) in [6, 6.07) is 0. The van der Waals surface area contributed by atoms with Crippen molar-refractivity contribution in [1.29, 1.82) is 0 Å². The van der Waals surface area contributed by atoms with E-state index in [1.807, 2.05) is 4.68 Å². The van der Waals surface area contributed by atoms with Gasteiger partial charge in [0, 0.05) is 12.3 Å². The van der Waals surface area contributed by atoms with Gasteiger partial charge in [0.25, 0.3) is 0 Å². The second-order valence-corrected chi connectivity index (χ2v) is 4.82. The molecule has 0 aliphatic heterocycles. The van der Waals surface area contributed by atoms with E-state index in [9.17, 15) is 0 Å². The fourth-order valence-corrected chi connectivity index (χ4v) is 1.81. The molecule has 0 fully saturated rings. The minimum Gasteiger partial charge on any atom is -0.330 e. The van der Waals surface area contributed by atoms with Gasteiger partial charge in [-0.15, -0.1) is 0 Å². The monoisotopic (exact) mass is 200 g/mol. The lowest BCUT2D eigenvalue weighted by Crippen LogP contribution is -2.24. The van der Waals surface area contributed by atoms with Gasteiger partial charge in [0.15, 0.2) is 5.16 Å². The standard InChI is InChI=1S/C8H16N4S/c1-8(2,3)12-7(10-6-11-12)13-5-4-9/h6H,4-5,9H2,1-3H3. The maximum Gasteiger partial charge on any atom is 0.186 e. The van der Waals surface area contributed by atoms with Crippen LogP contribution in [-0.2, 0) is 5.54 Å². The fraction of sp³-hybridized carbons (Fsp3) is 0.750. The van der Waals surface area contributed by atoms with E-state index in [0.717, 1.165) is 10.9 Å². The van der Waals surface area contributed by atoms with Gasteiger partial charge in [-0.3, -0.25) is 0 Å². The molecule has 4 nitrogen and oxygen atoms in total. The van der Waals surface area contributed by atoms with E-state index in [-0.39, 0.29) is 5.54 Å². The molecular formula is C8H16N4S. The molecule has 0 aromatic carbocycles. The summed E-state index contributed by atoms with van der Waals surface area (Å²) in [6.45, 7) is 6.98. The topological polar surface area (TPSA) is 56.7 Å². The van der Waals surface area contributed by atoms with Gasteiger partial charge in [-0.05, 0) is 20.8 Å². The molecule has 0 radical (unpaired) electrons. The van der Waals surface area contributed by atoms with Crippen LogP contribution in [0.3, 0.4) is 0 Å². The summed E-state index contributed by atoms with van der Waals surface area (Å²) in [6.07, 6.45) is 1.59. The lowest BCUT2D eigenvalue weighted by atomic mass is 10.1. The first-order chi connectivity index (χ1) is 6.05. The van der Waals surface area contributed by atoms with Gasteiger partial charge in [-0.25, -0.2) is 9.67 Å². The summed E-state index contributed by atoms with van der Waals surface area (Å²) >= 11 is 1.64. The highest BCUT2D eigenvalue weighted by Gasteiger charge is 2.18. The Balaban J connectivity index is 2.77. The Morgan fingerprint density at radius 2 is 2.23 bits per heavy atom. The highest BCUT2D eigenvalue weighted by atomic mass is 32.2. The van der Waals surface area contributed by atoms with E-state index in [1.54, 1.807) is 18.1 Å².